The molecule has 1 atom stereocenters. The first-order chi connectivity index (χ1) is 12.0. The first-order valence-corrected chi connectivity index (χ1v) is 8.06. The van der Waals surface area contributed by atoms with E-state index in [9.17, 15) is 14.0 Å². The summed E-state index contributed by atoms with van der Waals surface area (Å²) in [5, 5.41) is 2.82. The first-order valence-electron chi connectivity index (χ1n) is 7.68. The molecule has 2 heterocycles. The highest BCUT2D eigenvalue weighted by Gasteiger charge is 2.31. The van der Waals surface area contributed by atoms with Crippen LogP contribution in [0.2, 0.25) is 5.15 Å². The number of amides is 2. The van der Waals surface area contributed by atoms with Crippen LogP contribution >= 0.6 is 11.6 Å². The second kappa shape index (κ2) is 7.06. The Hall–Kier alpha value is -2.67. The van der Waals surface area contributed by atoms with Crippen molar-refractivity contribution < 1.29 is 18.7 Å². The van der Waals surface area contributed by atoms with E-state index in [-0.39, 0.29) is 16.8 Å². The molecule has 0 spiro atoms. The molecule has 2 aromatic rings. The maximum Gasteiger partial charge on any atom is 0.414 e. The average Bonchev–Trinajstić information content (AvgIpc) is 2.97. The SMILES string of the molecule is CC[C@H]1CN(c2ccc(C(=O)Nc3ccc(Cl)nc3)c(F)c2)C(=O)O1. The van der Waals surface area contributed by atoms with Crippen LogP contribution in [0.1, 0.15) is 23.7 Å². The number of cyclic esters (lactones) is 1. The third kappa shape index (κ3) is 3.71. The summed E-state index contributed by atoms with van der Waals surface area (Å²) in [5.74, 6) is -1.35. The number of nitrogens with zero attached hydrogens (tertiary/aromatic N) is 2. The number of hydrogen-bond donors (Lipinski definition) is 1. The molecule has 1 aromatic heterocycles. The molecular weight excluding hydrogens is 349 g/mol. The highest BCUT2D eigenvalue weighted by atomic mass is 35.5. The van der Waals surface area contributed by atoms with Crippen molar-refractivity contribution >= 4 is 35.0 Å². The van der Waals surface area contributed by atoms with E-state index in [1.54, 1.807) is 6.07 Å². The zero-order chi connectivity index (χ0) is 18.0. The molecule has 1 N–H and O–H groups in total. The predicted octanol–water partition coefficient (Wildman–Crippen LogP) is 3.86. The van der Waals surface area contributed by atoms with E-state index >= 15 is 0 Å². The van der Waals surface area contributed by atoms with Crippen LogP contribution in [-0.2, 0) is 4.74 Å². The number of pyridine rings is 1. The van der Waals surface area contributed by atoms with Gasteiger partial charge in [0.1, 0.15) is 17.1 Å². The third-order valence-electron chi connectivity index (χ3n) is 3.82. The van der Waals surface area contributed by atoms with E-state index in [0.717, 1.165) is 6.07 Å². The fourth-order valence-corrected chi connectivity index (χ4v) is 2.56. The summed E-state index contributed by atoms with van der Waals surface area (Å²) in [5.41, 5.74) is 0.605. The van der Waals surface area contributed by atoms with Gasteiger partial charge in [0.05, 0.1) is 29.7 Å². The van der Waals surface area contributed by atoms with Crippen LogP contribution in [0.5, 0.6) is 0 Å². The van der Waals surface area contributed by atoms with Crippen molar-refractivity contribution in [2.45, 2.75) is 19.4 Å². The van der Waals surface area contributed by atoms with E-state index in [2.05, 4.69) is 10.3 Å². The Balaban J connectivity index is 1.76. The van der Waals surface area contributed by atoms with Crippen molar-refractivity contribution in [1.82, 2.24) is 4.98 Å². The summed E-state index contributed by atoms with van der Waals surface area (Å²) in [4.78, 5) is 29.2. The summed E-state index contributed by atoms with van der Waals surface area (Å²) in [6.45, 7) is 2.26. The van der Waals surface area contributed by atoms with Gasteiger partial charge in [0.25, 0.3) is 5.91 Å². The monoisotopic (exact) mass is 363 g/mol. The standard InChI is InChI=1S/C17H15ClFN3O3/c1-2-12-9-22(17(24)25-12)11-4-5-13(14(19)7-11)16(23)21-10-3-6-15(18)20-8-10/h3-8,12H,2,9H2,1H3,(H,21,23)/t12-/m0/s1. The molecule has 1 aromatic carbocycles. The van der Waals surface area contributed by atoms with Crippen LogP contribution in [-0.4, -0.2) is 29.6 Å². The van der Waals surface area contributed by atoms with Gasteiger partial charge in [-0.2, -0.15) is 0 Å². The molecule has 1 aliphatic heterocycles. The number of rotatable bonds is 4. The van der Waals surface area contributed by atoms with E-state index in [4.69, 9.17) is 16.3 Å². The van der Waals surface area contributed by atoms with Crippen molar-refractivity contribution in [3.05, 3.63) is 53.1 Å². The van der Waals surface area contributed by atoms with Crippen molar-refractivity contribution in [3.8, 4) is 0 Å². The molecule has 8 heteroatoms. The fraction of sp³-hybridized carbons (Fsp3) is 0.235. The second-order valence-corrected chi connectivity index (χ2v) is 5.90. The van der Waals surface area contributed by atoms with Gasteiger partial charge in [-0.1, -0.05) is 18.5 Å². The van der Waals surface area contributed by atoms with E-state index < -0.39 is 17.8 Å². The molecule has 25 heavy (non-hydrogen) atoms. The lowest BCUT2D eigenvalue weighted by atomic mass is 10.1. The smallest absolute Gasteiger partial charge is 0.414 e. The molecule has 1 saturated heterocycles. The van der Waals surface area contributed by atoms with Gasteiger partial charge in [-0.15, -0.1) is 0 Å². The number of ether oxygens (including phenoxy) is 1. The topological polar surface area (TPSA) is 71.5 Å². The number of nitrogens with one attached hydrogen (secondary N) is 1. The Kier molecular flexibility index (Phi) is 4.85. The lowest BCUT2D eigenvalue weighted by Gasteiger charge is -2.14. The van der Waals surface area contributed by atoms with Gasteiger partial charge in [0, 0.05) is 0 Å². The largest absolute Gasteiger partial charge is 0.444 e. The van der Waals surface area contributed by atoms with Crippen LogP contribution in [0.25, 0.3) is 0 Å². The average molecular weight is 364 g/mol. The number of carbonyl (C=O) groups is 2. The van der Waals surface area contributed by atoms with Crippen LogP contribution in [0.3, 0.4) is 0 Å². The van der Waals surface area contributed by atoms with E-state index in [1.807, 2.05) is 6.92 Å². The molecule has 0 unspecified atom stereocenters. The van der Waals surface area contributed by atoms with Gasteiger partial charge < -0.3 is 10.1 Å². The van der Waals surface area contributed by atoms with Gasteiger partial charge in [0.2, 0.25) is 0 Å². The second-order valence-electron chi connectivity index (χ2n) is 5.51. The number of benzene rings is 1. The summed E-state index contributed by atoms with van der Waals surface area (Å²) >= 11 is 5.68. The summed E-state index contributed by atoms with van der Waals surface area (Å²) in [7, 11) is 0. The summed E-state index contributed by atoms with van der Waals surface area (Å²) in [6.07, 6.45) is 1.32. The van der Waals surface area contributed by atoms with Crippen molar-refractivity contribution in [1.29, 1.82) is 0 Å². The van der Waals surface area contributed by atoms with Crippen LogP contribution in [0.4, 0.5) is 20.6 Å². The normalized spacial score (nSPS) is 16.7. The van der Waals surface area contributed by atoms with Crippen LogP contribution in [0, 0.1) is 5.82 Å². The van der Waals surface area contributed by atoms with Crippen molar-refractivity contribution in [2.24, 2.45) is 0 Å². The highest BCUT2D eigenvalue weighted by Crippen LogP contribution is 2.25. The lowest BCUT2D eigenvalue weighted by molar-refractivity contribution is 0.102. The Morgan fingerprint density at radius 2 is 2.24 bits per heavy atom. The van der Waals surface area contributed by atoms with Gasteiger partial charge in [-0.3, -0.25) is 9.69 Å². The Morgan fingerprint density at radius 3 is 2.84 bits per heavy atom. The van der Waals surface area contributed by atoms with Gasteiger partial charge >= 0.3 is 6.09 Å². The minimum Gasteiger partial charge on any atom is -0.444 e. The Bertz CT molecular complexity index is 813. The molecular formula is C17H15ClFN3O3. The molecule has 1 fully saturated rings. The molecule has 130 valence electrons. The maximum absolute atomic E-state index is 14.4. The summed E-state index contributed by atoms with van der Waals surface area (Å²) < 4.78 is 19.5. The number of hydrogen-bond acceptors (Lipinski definition) is 4. The molecule has 1 aliphatic rings. The molecule has 2 amide bonds. The molecule has 0 bridgehead atoms. The Labute approximate surface area is 148 Å². The van der Waals surface area contributed by atoms with E-state index in [0.29, 0.717) is 24.3 Å². The third-order valence-corrected chi connectivity index (χ3v) is 4.05. The van der Waals surface area contributed by atoms with Gasteiger partial charge in [-0.25, -0.2) is 14.2 Å². The predicted molar refractivity (Wildman–Crippen MR) is 91.5 cm³/mol. The number of carbonyl (C=O) groups excluding carboxylic acids is 2. The maximum atomic E-state index is 14.4. The fourth-order valence-electron chi connectivity index (χ4n) is 2.45. The van der Waals surface area contributed by atoms with Crippen molar-refractivity contribution in [3.63, 3.8) is 0 Å². The number of anilines is 2. The van der Waals surface area contributed by atoms with Gasteiger partial charge in [0.15, 0.2) is 0 Å². The zero-order valence-corrected chi connectivity index (χ0v) is 14.1. The van der Waals surface area contributed by atoms with Crippen LogP contribution in [0.15, 0.2) is 36.5 Å². The van der Waals surface area contributed by atoms with Crippen molar-refractivity contribution in [2.75, 3.05) is 16.8 Å². The Morgan fingerprint density at radius 1 is 1.44 bits per heavy atom. The minimum atomic E-state index is -0.732. The van der Waals surface area contributed by atoms with Gasteiger partial charge in [-0.05, 0) is 36.8 Å². The number of halogens is 2. The number of aromatic nitrogens is 1. The lowest BCUT2D eigenvalue weighted by Crippen LogP contribution is -2.25. The molecule has 0 saturated carbocycles. The first kappa shape index (κ1) is 17.2. The quantitative estimate of drug-likeness (QED) is 0.837. The van der Waals surface area contributed by atoms with Crippen LogP contribution < -0.4 is 10.2 Å². The molecule has 6 nitrogen and oxygen atoms in total. The minimum absolute atomic E-state index is 0.140. The zero-order valence-electron chi connectivity index (χ0n) is 13.3. The van der Waals surface area contributed by atoms with E-state index in [1.165, 1.54) is 29.3 Å². The molecule has 0 aliphatic carbocycles. The molecule has 0 radical (unpaired) electrons. The summed E-state index contributed by atoms with van der Waals surface area (Å²) in [6, 6.07) is 7.06. The molecule has 3 rings (SSSR count). The highest BCUT2D eigenvalue weighted by molar-refractivity contribution is 6.29.